The molecule has 0 saturated heterocycles. The van der Waals surface area contributed by atoms with E-state index in [1.165, 1.54) is 19.1 Å². The van der Waals surface area contributed by atoms with Gasteiger partial charge >= 0.3 is 5.97 Å². The van der Waals surface area contributed by atoms with Crippen LogP contribution < -0.4 is 0 Å². The molecule has 0 amide bonds. The third-order valence-corrected chi connectivity index (χ3v) is 2.40. The molecule has 0 spiro atoms. The molecule has 0 aliphatic heterocycles. The Morgan fingerprint density at radius 2 is 1.94 bits per heavy atom. The van der Waals surface area contributed by atoms with E-state index in [0.29, 0.717) is 17.5 Å². The fourth-order valence-electron chi connectivity index (χ4n) is 1.85. The van der Waals surface area contributed by atoms with Crippen LogP contribution in [0.25, 0.3) is 0 Å². The molecule has 0 aromatic heterocycles. The minimum atomic E-state index is -0.719. The third kappa shape index (κ3) is 3.66. The van der Waals surface area contributed by atoms with E-state index in [1.54, 1.807) is 20.8 Å². The molecule has 4 heteroatoms. The first-order valence-electron chi connectivity index (χ1n) is 5.42. The van der Waals surface area contributed by atoms with Gasteiger partial charge < -0.3 is 14.9 Å². The number of esters is 1. The Labute approximate surface area is 101 Å². The summed E-state index contributed by atoms with van der Waals surface area (Å²) in [5, 5.41) is 19.3. The van der Waals surface area contributed by atoms with E-state index in [-0.39, 0.29) is 17.5 Å². The number of hydrogen-bond donors (Lipinski definition) is 2. The van der Waals surface area contributed by atoms with Crippen LogP contribution in [0, 0.1) is 6.92 Å². The molecule has 0 unspecified atom stereocenters. The van der Waals surface area contributed by atoms with Gasteiger partial charge in [-0.2, -0.15) is 0 Å². The van der Waals surface area contributed by atoms with Gasteiger partial charge in [0.15, 0.2) is 0 Å². The first kappa shape index (κ1) is 13.4. The quantitative estimate of drug-likeness (QED) is 0.626. The highest BCUT2D eigenvalue weighted by molar-refractivity contribution is 5.66. The standard InChI is InChI=1S/C13H18O4/c1-8-5-11(15)6-10(12(8)16)7-13(3,4)17-9(2)14/h5-6,15-16H,7H2,1-4H3. The monoisotopic (exact) mass is 238 g/mol. The van der Waals surface area contributed by atoms with Crippen LogP contribution in [0.2, 0.25) is 0 Å². The highest BCUT2D eigenvalue weighted by Gasteiger charge is 2.24. The number of hydrogen-bond acceptors (Lipinski definition) is 4. The van der Waals surface area contributed by atoms with Crippen molar-refractivity contribution in [2.24, 2.45) is 0 Å². The van der Waals surface area contributed by atoms with Gasteiger partial charge in [-0.15, -0.1) is 0 Å². The second-order valence-electron chi connectivity index (χ2n) is 4.80. The second-order valence-corrected chi connectivity index (χ2v) is 4.80. The molecule has 0 heterocycles. The van der Waals surface area contributed by atoms with Crippen molar-refractivity contribution < 1.29 is 19.7 Å². The molecule has 2 N–H and O–H groups in total. The van der Waals surface area contributed by atoms with Crippen LogP contribution in [-0.2, 0) is 16.0 Å². The molecule has 0 aliphatic carbocycles. The molecule has 0 aliphatic rings. The van der Waals surface area contributed by atoms with Crippen molar-refractivity contribution in [1.82, 2.24) is 0 Å². The molecular formula is C13H18O4. The van der Waals surface area contributed by atoms with Gasteiger partial charge in [0.25, 0.3) is 0 Å². The highest BCUT2D eigenvalue weighted by Crippen LogP contribution is 2.30. The molecule has 0 radical (unpaired) electrons. The van der Waals surface area contributed by atoms with Crippen molar-refractivity contribution in [2.75, 3.05) is 0 Å². The van der Waals surface area contributed by atoms with Gasteiger partial charge in [-0.1, -0.05) is 0 Å². The summed E-state index contributed by atoms with van der Waals surface area (Å²) >= 11 is 0. The van der Waals surface area contributed by atoms with Gasteiger partial charge in [0, 0.05) is 18.9 Å². The van der Waals surface area contributed by atoms with E-state index >= 15 is 0 Å². The molecule has 94 valence electrons. The summed E-state index contributed by atoms with van der Waals surface area (Å²) in [4.78, 5) is 10.9. The number of carbonyl (C=O) groups excluding carboxylic acids is 1. The number of rotatable bonds is 3. The molecule has 0 atom stereocenters. The van der Waals surface area contributed by atoms with E-state index in [0.717, 1.165) is 0 Å². The Balaban J connectivity index is 2.98. The van der Waals surface area contributed by atoms with E-state index in [4.69, 9.17) is 4.74 Å². The number of aromatic hydroxyl groups is 2. The van der Waals surface area contributed by atoms with Crippen LogP contribution in [-0.4, -0.2) is 21.8 Å². The lowest BCUT2D eigenvalue weighted by Gasteiger charge is -2.25. The normalized spacial score (nSPS) is 11.3. The van der Waals surface area contributed by atoms with Crippen molar-refractivity contribution in [3.63, 3.8) is 0 Å². The van der Waals surface area contributed by atoms with Gasteiger partial charge in [-0.05, 0) is 38.5 Å². The van der Waals surface area contributed by atoms with Crippen LogP contribution in [0.15, 0.2) is 12.1 Å². The van der Waals surface area contributed by atoms with Gasteiger partial charge in [-0.25, -0.2) is 0 Å². The Morgan fingerprint density at radius 3 is 2.47 bits per heavy atom. The summed E-state index contributed by atoms with van der Waals surface area (Å²) < 4.78 is 5.14. The van der Waals surface area contributed by atoms with Gasteiger partial charge in [0.2, 0.25) is 0 Å². The molecule has 1 rings (SSSR count). The summed E-state index contributed by atoms with van der Waals surface area (Å²) in [6.45, 7) is 6.56. The fraction of sp³-hybridized carbons (Fsp3) is 0.462. The van der Waals surface area contributed by atoms with Crippen molar-refractivity contribution in [3.8, 4) is 11.5 Å². The minimum Gasteiger partial charge on any atom is -0.508 e. The van der Waals surface area contributed by atoms with Crippen molar-refractivity contribution in [2.45, 2.75) is 39.7 Å². The van der Waals surface area contributed by atoms with Crippen molar-refractivity contribution >= 4 is 5.97 Å². The van der Waals surface area contributed by atoms with Crippen LogP contribution >= 0.6 is 0 Å². The van der Waals surface area contributed by atoms with Crippen LogP contribution in [0.1, 0.15) is 31.9 Å². The number of phenols is 2. The lowest BCUT2D eigenvalue weighted by molar-refractivity contribution is -0.153. The van der Waals surface area contributed by atoms with Crippen LogP contribution in [0.4, 0.5) is 0 Å². The van der Waals surface area contributed by atoms with E-state index in [1.807, 2.05) is 0 Å². The Hall–Kier alpha value is -1.71. The summed E-state index contributed by atoms with van der Waals surface area (Å²) in [7, 11) is 0. The SMILES string of the molecule is CC(=O)OC(C)(C)Cc1cc(O)cc(C)c1O. The molecular weight excluding hydrogens is 220 g/mol. The largest absolute Gasteiger partial charge is 0.508 e. The van der Waals surface area contributed by atoms with Crippen molar-refractivity contribution in [3.05, 3.63) is 23.3 Å². The van der Waals surface area contributed by atoms with Gasteiger partial charge in [0.05, 0.1) is 0 Å². The molecule has 4 nitrogen and oxygen atoms in total. The van der Waals surface area contributed by atoms with E-state index < -0.39 is 5.60 Å². The lowest BCUT2D eigenvalue weighted by Crippen LogP contribution is -2.29. The topological polar surface area (TPSA) is 66.8 Å². The van der Waals surface area contributed by atoms with Gasteiger partial charge in [0.1, 0.15) is 17.1 Å². The second kappa shape index (κ2) is 4.65. The summed E-state index contributed by atoms with van der Waals surface area (Å²) in [6, 6.07) is 2.96. The zero-order chi connectivity index (χ0) is 13.2. The zero-order valence-electron chi connectivity index (χ0n) is 10.6. The Morgan fingerprint density at radius 1 is 1.35 bits per heavy atom. The third-order valence-electron chi connectivity index (χ3n) is 2.40. The lowest BCUT2D eigenvalue weighted by atomic mass is 9.96. The number of ether oxygens (including phenoxy) is 1. The zero-order valence-corrected chi connectivity index (χ0v) is 10.6. The maximum absolute atomic E-state index is 10.9. The summed E-state index contributed by atoms with van der Waals surface area (Å²) in [6.07, 6.45) is 0.341. The number of carbonyl (C=O) groups is 1. The van der Waals surface area contributed by atoms with Gasteiger partial charge in [-0.3, -0.25) is 4.79 Å². The fourth-order valence-corrected chi connectivity index (χ4v) is 1.85. The van der Waals surface area contributed by atoms with E-state index in [9.17, 15) is 15.0 Å². The Bertz CT molecular complexity index is 435. The molecule has 0 saturated carbocycles. The van der Waals surface area contributed by atoms with Crippen molar-refractivity contribution in [1.29, 1.82) is 0 Å². The maximum atomic E-state index is 10.9. The minimum absolute atomic E-state index is 0.0916. The average Bonchev–Trinajstić information content (AvgIpc) is 2.10. The maximum Gasteiger partial charge on any atom is 0.303 e. The van der Waals surface area contributed by atoms with Crippen LogP contribution in [0.5, 0.6) is 11.5 Å². The number of benzene rings is 1. The molecule has 0 bridgehead atoms. The summed E-state index contributed by atoms with van der Waals surface area (Å²) in [5.41, 5.74) is 0.441. The van der Waals surface area contributed by atoms with E-state index in [2.05, 4.69) is 0 Å². The average molecular weight is 238 g/mol. The predicted octanol–water partition coefficient (Wildman–Crippen LogP) is 2.29. The molecule has 1 aromatic carbocycles. The number of aryl methyl sites for hydroxylation is 1. The first-order chi connectivity index (χ1) is 7.71. The summed E-state index contributed by atoms with van der Waals surface area (Å²) in [5.74, 6) is -0.150. The highest BCUT2D eigenvalue weighted by atomic mass is 16.6. The predicted molar refractivity (Wildman–Crippen MR) is 64.1 cm³/mol. The Kier molecular flexibility index (Phi) is 3.66. The first-order valence-corrected chi connectivity index (χ1v) is 5.42. The van der Waals surface area contributed by atoms with Crippen LogP contribution in [0.3, 0.4) is 0 Å². The molecule has 0 fully saturated rings. The number of phenolic OH excluding ortho intramolecular Hbond substituents is 2. The molecule has 1 aromatic rings. The smallest absolute Gasteiger partial charge is 0.303 e. The molecule has 17 heavy (non-hydrogen) atoms.